The van der Waals surface area contributed by atoms with Gasteiger partial charge in [0, 0.05) is 19.4 Å². The number of allylic oxidation sites excluding steroid dienone is 2. The molecule has 0 aliphatic carbocycles. The molecular formula is C27H56NO7P. The van der Waals surface area contributed by atoms with Gasteiger partial charge in [-0.15, -0.1) is 0 Å². The SMILES string of the molecule is CCCCCCCCC/C=C\CCCCCOC[C@@H](O)COP(=O)([O-])C(CC)[N+](C)(C)CCC(O)O. The molecule has 9 heteroatoms. The Morgan fingerprint density at radius 3 is 1.97 bits per heavy atom. The van der Waals surface area contributed by atoms with Gasteiger partial charge in [0.25, 0.3) is 0 Å². The summed E-state index contributed by atoms with van der Waals surface area (Å²) in [4.78, 5) is 12.7. The molecule has 0 heterocycles. The van der Waals surface area contributed by atoms with Gasteiger partial charge in [-0.05, 0) is 32.1 Å². The second-order valence-corrected chi connectivity index (χ2v) is 12.4. The molecule has 2 unspecified atom stereocenters. The third kappa shape index (κ3) is 18.9. The Morgan fingerprint density at radius 2 is 1.42 bits per heavy atom. The first kappa shape index (κ1) is 35.7. The van der Waals surface area contributed by atoms with E-state index in [-0.39, 0.29) is 30.7 Å². The Bertz CT molecular complexity index is 586. The van der Waals surface area contributed by atoms with Gasteiger partial charge in [-0.2, -0.15) is 0 Å². The van der Waals surface area contributed by atoms with E-state index in [4.69, 9.17) is 19.5 Å². The molecule has 36 heavy (non-hydrogen) atoms. The van der Waals surface area contributed by atoms with E-state index in [0.717, 1.165) is 25.7 Å². The maximum atomic E-state index is 12.7. The first-order valence-corrected chi connectivity index (χ1v) is 15.7. The van der Waals surface area contributed by atoms with Crippen molar-refractivity contribution in [2.45, 2.75) is 122 Å². The Balaban J connectivity index is 3.88. The molecule has 0 aromatic heterocycles. The zero-order chi connectivity index (χ0) is 27.3. The topological polar surface area (TPSA) is 119 Å². The minimum absolute atomic E-state index is 0.0318. The molecule has 8 nitrogen and oxygen atoms in total. The second-order valence-electron chi connectivity index (χ2n) is 10.5. The number of aliphatic hydroxyl groups excluding tert-OH is 2. The lowest BCUT2D eigenvalue weighted by Crippen LogP contribution is -2.51. The smallest absolute Gasteiger partial charge is 0.193 e. The quantitative estimate of drug-likeness (QED) is 0.0507. The Labute approximate surface area is 220 Å². The number of rotatable bonds is 25. The average Bonchev–Trinajstić information content (AvgIpc) is 2.81. The van der Waals surface area contributed by atoms with Crippen LogP contribution < -0.4 is 4.89 Å². The van der Waals surface area contributed by atoms with Crippen LogP contribution in [0.1, 0.15) is 104 Å². The summed E-state index contributed by atoms with van der Waals surface area (Å²) in [6, 6.07) is 0. The Morgan fingerprint density at radius 1 is 0.861 bits per heavy atom. The highest BCUT2D eigenvalue weighted by atomic mass is 31.2. The van der Waals surface area contributed by atoms with E-state index in [0.29, 0.717) is 13.0 Å². The van der Waals surface area contributed by atoms with Crippen LogP contribution in [0.3, 0.4) is 0 Å². The van der Waals surface area contributed by atoms with Gasteiger partial charge in [0.15, 0.2) is 19.7 Å². The molecule has 0 saturated carbocycles. The molecule has 0 fully saturated rings. The van der Waals surface area contributed by atoms with Crippen LogP contribution in [-0.4, -0.2) is 78.4 Å². The minimum atomic E-state index is -4.28. The van der Waals surface area contributed by atoms with Gasteiger partial charge in [-0.1, -0.05) is 70.9 Å². The summed E-state index contributed by atoms with van der Waals surface area (Å²) in [5.41, 5.74) is 0. The van der Waals surface area contributed by atoms with Gasteiger partial charge in [0.1, 0.15) is 6.10 Å². The van der Waals surface area contributed by atoms with Crippen molar-refractivity contribution in [3.8, 4) is 0 Å². The molecule has 0 amide bonds. The van der Waals surface area contributed by atoms with Crippen LogP contribution in [0.15, 0.2) is 12.2 Å². The van der Waals surface area contributed by atoms with Gasteiger partial charge >= 0.3 is 0 Å². The van der Waals surface area contributed by atoms with Crippen LogP contribution in [0.25, 0.3) is 0 Å². The molecule has 0 aromatic rings. The van der Waals surface area contributed by atoms with Crippen LogP contribution >= 0.6 is 7.60 Å². The normalized spacial score (nSPS) is 16.0. The summed E-state index contributed by atoms with van der Waals surface area (Å²) in [5.74, 6) is -0.839. The molecule has 0 spiro atoms. The van der Waals surface area contributed by atoms with Gasteiger partial charge in [-0.3, -0.25) is 0 Å². The lowest BCUT2D eigenvalue weighted by molar-refractivity contribution is -0.904. The lowest BCUT2D eigenvalue weighted by Gasteiger charge is -2.43. The number of unbranched alkanes of at least 4 members (excludes halogenated alkanes) is 10. The minimum Gasteiger partial charge on any atom is -0.774 e. The summed E-state index contributed by atoms with van der Waals surface area (Å²) in [6.07, 6.45) is 17.2. The van der Waals surface area contributed by atoms with Crippen molar-refractivity contribution in [1.29, 1.82) is 0 Å². The van der Waals surface area contributed by atoms with E-state index in [1.807, 2.05) is 0 Å². The number of quaternary nitrogens is 1. The second kappa shape index (κ2) is 21.6. The van der Waals surface area contributed by atoms with Crippen molar-refractivity contribution in [3.63, 3.8) is 0 Å². The lowest BCUT2D eigenvalue weighted by atomic mass is 10.1. The fourth-order valence-corrected chi connectivity index (χ4v) is 6.22. The summed E-state index contributed by atoms with van der Waals surface area (Å²) in [6.45, 7) is 4.48. The molecule has 0 radical (unpaired) electrons. The van der Waals surface area contributed by atoms with Crippen molar-refractivity contribution in [2.75, 3.05) is 40.5 Å². The highest BCUT2D eigenvalue weighted by Crippen LogP contribution is 2.48. The van der Waals surface area contributed by atoms with Crippen LogP contribution in [0.2, 0.25) is 0 Å². The average molecular weight is 538 g/mol. The molecule has 0 aromatic carbocycles. The van der Waals surface area contributed by atoms with Crippen molar-refractivity contribution >= 4 is 7.60 Å². The highest BCUT2D eigenvalue weighted by Gasteiger charge is 2.37. The third-order valence-corrected chi connectivity index (χ3v) is 8.79. The summed E-state index contributed by atoms with van der Waals surface area (Å²) in [5, 5.41) is 28.3. The van der Waals surface area contributed by atoms with Gasteiger partial charge in [-0.25, -0.2) is 0 Å². The van der Waals surface area contributed by atoms with Crippen LogP contribution in [0.4, 0.5) is 0 Å². The third-order valence-electron chi connectivity index (χ3n) is 6.56. The molecule has 3 atom stereocenters. The van der Waals surface area contributed by atoms with Crippen molar-refractivity contribution < 1.29 is 38.5 Å². The van der Waals surface area contributed by atoms with Crippen molar-refractivity contribution in [3.05, 3.63) is 12.2 Å². The van der Waals surface area contributed by atoms with E-state index in [9.17, 15) is 14.6 Å². The molecule has 216 valence electrons. The number of ether oxygens (including phenoxy) is 1. The number of aliphatic hydroxyl groups is 3. The van der Waals surface area contributed by atoms with E-state index in [1.54, 1.807) is 21.0 Å². The predicted octanol–water partition coefficient (Wildman–Crippen LogP) is 4.70. The molecule has 0 aliphatic heterocycles. The van der Waals surface area contributed by atoms with Crippen molar-refractivity contribution in [2.24, 2.45) is 0 Å². The van der Waals surface area contributed by atoms with Crippen LogP contribution in [0.5, 0.6) is 0 Å². The van der Waals surface area contributed by atoms with Crippen LogP contribution in [0, 0.1) is 0 Å². The Kier molecular flexibility index (Phi) is 21.4. The number of hydrogen-bond donors (Lipinski definition) is 3. The number of nitrogens with zero attached hydrogens (tertiary/aromatic N) is 1. The molecule has 0 bridgehead atoms. The largest absolute Gasteiger partial charge is 0.774 e. The zero-order valence-electron chi connectivity index (χ0n) is 23.5. The fraction of sp³-hybridized carbons (Fsp3) is 0.926. The fourth-order valence-electron chi connectivity index (χ4n) is 4.34. The van der Waals surface area contributed by atoms with Gasteiger partial charge in [0.2, 0.25) is 0 Å². The first-order chi connectivity index (χ1) is 17.1. The van der Waals surface area contributed by atoms with Gasteiger partial charge in [0.05, 0.1) is 33.9 Å². The molecule has 0 saturated heterocycles. The molecular weight excluding hydrogens is 481 g/mol. The van der Waals surface area contributed by atoms with E-state index < -0.39 is 25.8 Å². The Hall–Kier alpha value is -0.310. The van der Waals surface area contributed by atoms with E-state index in [2.05, 4.69) is 19.1 Å². The molecule has 0 aliphatic rings. The number of hydrogen-bond acceptors (Lipinski definition) is 7. The zero-order valence-corrected chi connectivity index (χ0v) is 24.4. The summed E-state index contributed by atoms with van der Waals surface area (Å²) < 4.78 is 23.4. The predicted molar refractivity (Wildman–Crippen MR) is 144 cm³/mol. The molecule has 3 N–H and O–H groups in total. The van der Waals surface area contributed by atoms with E-state index in [1.165, 1.54) is 51.4 Å². The maximum absolute atomic E-state index is 12.7. The van der Waals surface area contributed by atoms with Gasteiger partial charge < -0.3 is 38.5 Å². The summed E-state index contributed by atoms with van der Waals surface area (Å²) in [7, 11) is -0.840. The summed E-state index contributed by atoms with van der Waals surface area (Å²) >= 11 is 0. The standard InChI is InChI=1S/C27H56NO7P/c1-5-7-8-9-10-11-12-13-14-15-16-17-18-19-22-34-23-25(29)24-35-36(32,33)26(6-2)28(3,4)21-20-27(30)31/h14-15,25-27,29-31H,5-13,16-24H2,1-4H3/b15-14-/t25-,26?/m1/s1. The van der Waals surface area contributed by atoms with Crippen molar-refractivity contribution in [1.82, 2.24) is 0 Å². The monoisotopic (exact) mass is 537 g/mol. The molecule has 0 rings (SSSR count). The maximum Gasteiger partial charge on any atom is 0.193 e. The highest BCUT2D eigenvalue weighted by molar-refractivity contribution is 7.51. The van der Waals surface area contributed by atoms with E-state index >= 15 is 0 Å². The first-order valence-electron chi connectivity index (χ1n) is 14.1. The van der Waals surface area contributed by atoms with Crippen LogP contribution in [-0.2, 0) is 13.8 Å².